The first kappa shape index (κ1) is 17.1. The summed E-state index contributed by atoms with van der Waals surface area (Å²) in [5, 5.41) is 10.1. The Bertz CT molecular complexity index is 975. The minimum atomic E-state index is -0.357. The monoisotopic (exact) mass is 364 g/mol. The number of benzene rings is 1. The third-order valence-electron chi connectivity index (χ3n) is 4.81. The third-order valence-corrected chi connectivity index (χ3v) is 4.81. The molecule has 0 aliphatic heterocycles. The second-order valence-corrected chi connectivity index (χ2v) is 6.60. The predicted octanol–water partition coefficient (Wildman–Crippen LogP) is 3.07. The van der Waals surface area contributed by atoms with Crippen LogP contribution in [0.4, 0.5) is 5.69 Å². The molecule has 0 saturated heterocycles. The van der Waals surface area contributed by atoms with Crippen LogP contribution in [0.5, 0.6) is 0 Å². The molecule has 1 aromatic carbocycles. The molecule has 138 valence electrons. The van der Waals surface area contributed by atoms with Crippen LogP contribution in [0.25, 0.3) is 0 Å². The number of rotatable bonds is 4. The van der Waals surface area contributed by atoms with Crippen molar-refractivity contribution in [3.05, 3.63) is 71.4 Å². The minimum absolute atomic E-state index is 0.0451. The highest BCUT2D eigenvalue weighted by Gasteiger charge is 2.25. The molecule has 7 nitrogen and oxygen atoms in total. The van der Waals surface area contributed by atoms with Crippen LogP contribution >= 0.6 is 0 Å². The van der Waals surface area contributed by atoms with E-state index < -0.39 is 0 Å². The van der Waals surface area contributed by atoms with Crippen LogP contribution in [0.1, 0.15) is 51.1 Å². The van der Waals surface area contributed by atoms with E-state index in [0.717, 1.165) is 24.8 Å². The molecular formula is C20H20N4O3. The summed E-state index contributed by atoms with van der Waals surface area (Å²) in [5.74, 6) is -0.313. The maximum Gasteiger partial charge on any atom is 0.291 e. The van der Waals surface area contributed by atoms with Crippen LogP contribution in [0.2, 0.25) is 0 Å². The second-order valence-electron chi connectivity index (χ2n) is 6.60. The molecule has 4 rings (SSSR count). The van der Waals surface area contributed by atoms with E-state index in [2.05, 4.69) is 15.7 Å². The molecule has 2 heterocycles. The van der Waals surface area contributed by atoms with E-state index in [1.165, 1.54) is 12.0 Å². The Morgan fingerprint density at radius 3 is 2.93 bits per heavy atom. The van der Waals surface area contributed by atoms with Crippen LogP contribution in [0.15, 0.2) is 53.3 Å². The quantitative estimate of drug-likeness (QED) is 0.744. The fourth-order valence-electron chi connectivity index (χ4n) is 3.44. The number of carbonyl (C=O) groups is 2. The number of nitrogens with one attached hydrogen (secondary N) is 2. The van der Waals surface area contributed by atoms with Crippen molar-refractivity contribution in [1.82, 2.24) is 15.1 Å². The third kappa shape index (κ3) is 3.48. The van der Waals surface area contributed by atoms with Crippen LogP contribution < -0.4 is 10.6 Å². The summed E-state index contributed by atoms with van der Waals surface area (Å²) in [6.07, 6.45) is 6.15. The predicted molar refractivity (Wildman–Crippen MR) is 99.5 cm³/mol. The molecule has 0 radical (unpaired) electrons. The molecule has 2 amide bonds. The lowest BCUT2D eigenvalue weighted by molar-refractivity contribution is 0.0931. The second kappa shape index (κ2) is 7.11. The van der Waals surface area contributed by atoms with Crippen molar-refractivity contribution >= 4 is 17.5 Å². The molecule has 27 heavy (non-hydrogen) atoms. The summed E-state index contributed by atoms with van der Waals surface area (Å²) >= 11 is 0. The van der Waals surface area contributed by atoms with E-state index in [1.807, 2.05) is 17.9 Å². The van der Waals surface area contributed by atoms with Gasteiger partial charge in [0.1, 0.15) is 0 Å². The zero-order chi connectivity index (χ0) is 18.8. The Kier molecular flexibility index (Phi) is 4.50. The number of nitrogens with zero attached hydrogens (tertiary/aromatic N) is 2. The van der Waals surface area contributed by atoms with Crippen molar-refractivity contribution < 1.29 is 14.0 Å². The number of anilines is 1. The van der Waals surface area contributed by atoms with Gasteiger partial charge in [0.05, 0.1) is 18.5 Å². The Balaban J connectivity index is 1.47. The SMILES string of the molecule is Cn1ncc2c1CCCC2NC(=O)c1cccc(NC(=O)c2ccco2)c1. The number of amides is 2. The van der Waals surface area contributed by atoms with Crippen molar-refractivity contribution in [1.29, 1.82) is 0 Å². The number of furan rings is 1. The van der Waals surface area contributed by atoms with Crippen LogP contribution in [-0.2, 0) is 13.5 Å². The molecule has 1 aliphatic carbocycles. The molecule has 0 saturated carbocycles. The number of aromatic nitrogens is 2. The summed E-state index contributed by atoms with van der Waals surface area (Å²) in [5.41, 5.74) is 3.28. The Morgan fingerprint density at radius 1 is 1.22 bits per heavy atom. The van der Waals surface area contributed by atoms with Gasteiger partial charge >= 0.3 is 0 Å². The summed E-state index contributed by atoms with van der Waals surface area (Å²) in [4.78, 5) is 24.8. The number of hydrogen-bond donors (Lipinski definition) is 2. The largest absolute Gasteiger partial charge is 0.459 e. The molecule has 2 N–H and O–H groups in total. The first-order chi connectivity index (χ1) is 13.1. The van der Waals surface area contributed by atoms with Gasteiger partial charge in [0, 0.05) is 29.6 Å². The molecule has 1 atom stereocenters. The van der Waals surface area contributed by atoms with Gasteiger partial charge in [0.25, 0.3) is 11.8 Å². The maximum absolute atomic E-state index is 12.7. The van der Waals surface area contributed by atoms with Crippen molar-refractivity contribution in [2.75, 3.05) is 5.32 Å². The molecule has 0 bridgehead atoms. The van der Waals surface area contributed by atoms with Gasteiger partial charge in [-0.2, -0.15) is 5.10 Å². The molecule has 1 unspecified atom stereocenters. The summed E-state index contributed by atoms with van der Waals surface area (Å²) in [6, 6.07) is 10.0. The lowest BCUT2D eigenvalue weighted by Gasteiger charge is -2.24. The van der Waals surface area contributed by atoms with Crippen LogP contribution in [0, 0.1) is 0 Å². The fourth-order valence-corrected chi connectivity index (χ4v) is 3.44. The molecule has 2 aromatic heterocycles. The van der Waals surface area contributed by atoms with Crippen molar-refractivity contribution in [2.45, 2.75) is 25.3 Å². The fraction of sp³-hybridized carbons (Fsp3) is 0.250. The minimum Gasteiger partial charge on any atom is -0.459 e. The molecule has 7 heteroatoms. The molecule has 0 spiro atoms. The van der Waals surface area contributed by atoms with Gasteiger partial charge < -0.3 is 15.1 Å². The van der Waals surface area contributed by atoms with Gasteiger partial charge in [-0.3, -0.25) is 14.3 Å². The van der Waals surface area contributed by atoms with E-state index in [9.17, 15) is 9.59 Å². The van der Waals surface area contributed by atoms with E-state index >= 15 is 0 Å². The lowest BCUT2D eigenvalue weighted by atomic mass is 9.92. The number of fused-ring (bicyclic) bond motifs is 1. The number of aryl methyl sites for hydroxylation is 1. The molecule has 3 aromatic rings. The standard InChI is InChI=1S/C20H20N4O3/c1-24-17-8-3-7-16(15(17)12-21-24)23-19(25)13-5-2-6-14(11-13)22-20(26)18-9-4-10-27-18/h2,4-6,9-12,16H,3,7-8H2,1H3,(H,22,26)(H,23,25). The molecule has 0 fully saturated rings. The van der Waals surface area contributed by atoms with Crippen LogP contribution in [-0.4, -0.2) is 21.6 Å². The zero-order valence-corrected chi connectivity index (χ0v) is 14.9. The van der Waals surface area contributed by atoms with Gasteiger partial charge in [-0.15, -0.1) is 0 Å². The van der Waals surface area contributed by atoms with Crippen molar-refractivity contribution in [3.8, 4) is 0 Å². The molecule has 1 aliphatic rings. The van der Waals surface area contributed by atoms with Gasteiger partial charge in [-0.05, 0) is 49.6 Å². The smallest absolute Gasteiger partial charge is 0.291 e. The average Bonchev–Trinajstić information content (AvgIpc) is 3.33. The highest BCUT2D eigenvalue weighted by molar-refractivity contribution is 6.03. The zero-order valence-electron chi connectivity index (χ0n) is 14.9. The summed E-state index contributed by atoms with van der Waals surface area (Å²) in [6.45, 7) is 0. The lowest BCUT2D eigenvalue weighted by Crippen LogP contribution is -2.31. The van der Waals surface area contributed by atoms with Gasteiger partial charge in [0.2, 0.25) is 0 Å². The topological polar surface area (TPSA) is 89.2 Å². The highest BCUT2D eigenvalue weighted by Crippen LogP contribution is 2.29. The van der Waals surface area contributed by atoms with Gasteiger partial charge in [0.15, 0.2) is 5.76 Å². The Hall–Kier alpha value is -3.35. The van der Waals surface area contributed by atoms with E-state index in [-0.39, 0.29) is 23.6 Å². The summed E-state index contributed by atoms with van der Waals surface area (Å²) in [7, 11) is 1.92. The highest BCUT2D eigenvalue weighted by atomic mass is 16.3. The van der Waals surface area contributed by atoms with Gasteiger partial charge in [-0.25, -0.2) is 0 Å². The van der Waals surface area contributed by atoms with E-state index in [1.54, 1.807) is 36.4 Å². The first-order valence-electron chi connectivity index (χ1n) is 8.88. The van der Waals surface area contributed by atoms with E-state index in [0.29, 0.717) is 11.3 Å². The maximum atomic E-state index is 12.7. The van der Waals surface area contributed by atoms with Crippen molar-refractivity contribution in [3.63, 3.8) is 0 Å². The molecular weight excluding hydrogens is 344 g/mol. The summed E-state index contributed by atoms with van der Waals surface area (Å²) < 4.78 is 6.96. The first-order valence-corrected chi connectivity index (χ1v) is 8.88. The average molecular weight is 364 g/mol. The van der Waals surface area contributed by atoms with Crippen LogP contribution in [0.3, 0.4) is 0 Å². The number of hydrogen-bond acceptors (Lipinski definition) is 4. The normalized spacial score (nSPS) is 15.8. The number of carbonyl (C=O) groups excluding carboxylic acids is 2. The Labute approximate surface area is 156 Å². The van der Waals surface area contributed by atoms with Gasteiger partial charge in [-0.1, -0.05) is 6.07 Å². The van der Waals surface area contributed by atoms with E-state index in [4.69, 9.17) is 4.42 Å². The van der Waals surface area contributed by atoms with Crippen molar-refractivity contribution in [2.24, 2.45) is 7.05 Å². The Morgan fingerprint density at radius 2 is 2.11 bits per heavy atom.